The average molecular weight is 340 g/mol. The largest absolute Gasteiger partial charge is 0.493 e. The van der Waals surface area contributed by atoms with Crippen LogP contribution in [0.15, 0.2) is 47.0 Å². The van der Waals surface area contributed by atoms with Crippen molar-refractivity contribution in [2.24, 2.45) is 0 Å². The molecule has 0 bridgehead atoms. The van der Waals surface area contributed by atoms with E-state index >= 15 is 0 Å². The van der Waals surface area contributed by atoms with Crippen LogP contribution in [0, 0.1) is 0 Å². The Labute approximate surface area is 135 Å². The first-order chi connectivity index (χ1) is 11.3. The van der Waals surface area contributed by atoms with Gasteiger partial charge in [-0.25, -0.2) is 9.89 Å². The van der Waals surface area contributed by atoms with Crippen molar-refractivity contribution in [1.82, 2.24) is 20.2 Å². The summed E-state index contributed by atoms with van der Waals surface area (Å²) >= 11 is 0. The Morgan fingerprint density at radius 1 is 1.42 bits per heavy atom. The number of allylic oxidation sites excluding steroid dienone is 4. The second-order valence-corrected chi connectivity index (χ2v) is 4.81. The first kappa shape index (κ1) is 17.5. The third kappa shape index (κ3) is 3.92. The van der Waals surface area contributed by atoms with E-state index in [4.69, 9.17) is 4.74 Å². The molecule has 0 saturated heterocycles. The lowest BCUT2D eigenvalue weighted by Gasteiger charge is -2.16. The minimum atomic E-state index is -4.59. The molecule has 1 N–H and O–H groups in total. The fraction of sp³-hybridized carbons (Fsp3) is 0.267. The Hall–Kier alpha value is -2.84. The van der Waals surface area contributed by atoms with E-state index in [-0.39, 0.29) is 17.9 Å². The van der Waals surface area contributed by atoms with Crippen LogP contribution in [0.5, 0.6) is 0 Å². The lowest BCUT2D eigenvalue weighted by atomic mass is 10.1. The molecule has 0 aliphatic rings. The quantitative estimate of drug-likeness (QED) is 0.671. The van der Waals surface area contributed by atoms with Crippen LogP contribution < -0.4 is 5.69 Å². The zero-order chi connectivity index (χ0) is 17.7. The van der Waals surface area contributed by atoms with Gasteiger partial charge < -0.3 is 4.74 Å². The molecule has 2 aromatic rings. The highest BCUT2D eigenvalue weighted by Crippen LogP contribution is 2.34. The molecule has 2 rings (SSSR count). The van der Waals surface area contributed by atoms with E-state index in [2.05, 4.69) is 10.4 Å². The number of ether oxygens (including phenoxy) is 1. The molecular formula is C15H15F3N4O2. The van der Waals surface area contributed by atoms with Crippen LogP contribution in [0.2, 0.25) is 0 Å². The zero-order valence-corrected chi connectivity index (χ0v) is 13.0. The zero-order valence-electron chi connectivity index (χ0n) is 13.0. The fourth-order valence-corrected chi connectivity index (χ4v) is 2.01. The van der Waals surface area contributed by atoms with Gasteiger partial charge >= 0.3 is 11.9 Å². The van der Waals surface area contributed by atoms with Crippen molar-refractivity contribution in [3.8, 4) is 5.69 Å². The predicted molar refractivity (Wildman–Crippen MR) is 80.3 cm³/mol. The van der Waals surface area contributed by atoms with E-state index in [9.17, 15) is 18.0 Å². The molecule has 0 unspecified atom stereocenters. The van der Waals surface area contributed by atoms with Gasteiger partial charge in [0.1, 0.15) is 6.61 Å². The van der Waals surface area contributed by atoms with E-state index in [0.29, 0.717) is 5.76 Å². The molecule has 0 amide bonds. The van der Waals surface area contributed by atoms with Crippen molar-refractivity contribution in [1.29, 1.82) is 0 Å². The Balaban J connectivity index is 2.49. The lowest BCUT2D eigenvalue weighted by Crippen LogP contribution is -2.20. The van der Waals surface area contributed by atoms with Crippen molar-refractivity contribution in [2.75, 3.05) is 0 Å². The third-order valence-electron chi connectivity index (χ3n) is 3.12. The van der Waals surface area contributed by atoms with Crippen LogP contribution in [0.3, 0.4) is 0 Å². The van der Waals surface area contributed by atoms with E-state index in [1.165, 1.54) is 12.1 Å². The Kier molecular flexibility index (Phi) is 5.22. The topological polar surface area (TPSA) is 72.8 Å². The minimum Gasteiger partial charge on any atom is -0.493 e. The first-order valence-electron chi connectivity index (χ1n) is 6.96. The number of halogens is 3. The number of nitrogens with zero attached hydrogens (tertiary/aromatic N) is 3. The maximum absolute atomic E-state index is 13.3. The molecule has 9 heteroatoms. The maximum atomic E-state index is 13.3. The number of aromatic amines is 1. The predicted octanol–water partition coefficient (Wildman–Crippen LogP) is 2.97. The minimum absolute atomic E-state index is 0.0394. The number of tetrazole rings is 1. The van der Waals surface area contributed by atoms with E-state index in [1.54, 1.807) is 32.1 Å². The van der Waals surface area contributed by atoms with Gasteiger partial charge in [0.15, 0.2) is 0 Å². The maximum Gasteiger partial charge on any atom is 0.416 e. The van der Waals surface area contributed by atoms with Crippen LogP contribution >= 0.6 is 0 Å². The van der Waals surface area contributed by atoms with E-state index in [0.717, 1.165) is 10.7 Å². The summed E-state index contributed by atoms with van der Waals surface area (Å²) in [4.78, 5) is 11.7. The molecule has 0 aliphatic heterocycles. The Morgan fingerprint density at radius 2 is 2.17 bits per heavy atom. The summed E-state index contributed by atoms with van der Waals surface area (Å²) in [5, 5.41) is 8.85. The molecule has 128 valence electrons. The molecule has 1 aromatic carbocycles. The van der Waals surface area contributed by atoms with Gasteiger partial charge in [-0.05, 0) is 42.5 Å². The smallest absolute Gasteiger partial charge is 0.416 e. The SMILES string of the molecule is CC=C/C=C(\C)OCc1c(-n2nn[nH]c2=O)cccc1C(F)(F)F. The number of alkyl halides is 3. The third-order valence-corrected chi connectivity index (χ3v) is 3.12. The molecule has 0 spiro atoms. The lowest BCUT2D eigenvalue weighted by molar-refractivity contribution is -0.138. The standard InChI is InChI=1S/C15H15F3N4O2/c1-3-4-6-10(2)24-9-11-12(15(16,17)18)7-5-8-13(11)22-14(23)19-20-21-22/h3-8H,9H2,1-2H3,(H,19,21,23)/b4-3?,10-6+. The van der Waals surface area contributed by atoms with Crippen molar-refractivity contribution in [2.45, 2.75) is 26.6 Å². The van der Waals surface area contributed by atoms with Crippen LogP contribution in [0.4, 0.5) is 13.2 Å². The molecule has 1 aromatic heterocycles. The number of benzene rings is 1. The second-order valence-electron chi connectivity index (χ2n) is 4.81. The second kappa shape index (κ2) is 7.16. The van der Waals surface area contributed by atoms with Crippen LogP contribution in [0.1, 0.15) is 25.0 Å². The fourth-order valence-electron chi connectivity index (χ4n) is 2.01. The van der Waals surface area contributed by atoms with Crippen molar-refractivity contribution in [3.05, 3.63) is 63.8 Å². The number of aromatic nitrogens is 4. The van der Waals surface area contributed by atoms with Gasteiger partial charge in [-0.2, -0.15) is 17.9 Å². The summed E-state index contributed by atoms with van der Waals surface area (Å²) in [6.07, 6.45) is 0.492. The Bertz CT molecular complexity index is 819. The van der Waals surface area contributed by atoms with Crippen LogP contribution in [-0.4, -0.2) is 20.2 Å². The summed E-state index contributed by atoms with van der Waals surface area (Å²) in [6, 6.07) is 3.48. The number of rotatable bonds is 5. The molecule has 0 atom stereocenters. The summed E-state index contributed by atoms with van der Waals surface area (Å²) in [5.41, 5.74) is -1.87. The Morgan fingerprint density at radius 3 is 2.75 bits per heavy atom. The molecule has 24 heavy (non-hydrogen) atoms. The molecule has 0 saturated carbocycles. The summed E-state index contributed by atoms with van der Waals surface area (Å²) in [6.45, 7) is 3.06. The molecule has 0 fully saturated rings. The van der Waals surface area contributed by atoms with Gasteiger partial charge in [-0.1, -0.05) is 18.2 Å². The van der Waals surface area contributed by atoms with Gasteiger partial charge in [0.25, 0.3) is 0 Å². The van der Waals surface area contributed by atoms with Crippen LogP contribution in [-0.2, 0) is 17.5 Å². The van der Waals surface area contributed by atoms with Gasteiger partial charge in [-0.15, -0.1) is 0 Å². The summed E-state index contributed by atoms with van der Waals surface area (Å²) < 4.78 is 46.0. The number of H-pyrrole nitrogens is 1. The molecule has 6 nitrogen and oxygen atoms in total. The summed E-state index contributed by atoms with van der Waals surface area (Å²) in [5.74, 6) is 0.434. The van der Waals surface area contributed by atoms with Crippen molar-refractivity contribution < 1.29 is 17.9 Å². The van der Waals surface area contributed by atoms with Crippen molar-refractivity contribution in [3.63, 3.8) is 0 Å². The molecule has 1 heterocycles. The van der Waals surface area contributed by atoms with E-state index < -0.39 is 17.4 Å². The average Bonchev–Trinajstić information content (AvgIpc) is 2.95. The number of nitrogens with one attached hydrogen (secondary N) is 1. The highest BCUT2D eigenvalue weighted by atomic mass is 19.4. The van der Waals surface area contributed by atoms with Crippen molar-refractivity contribution >= 4 is 0 Å². The summed E-state index contributed by atoms with van der Waals surface area (Å²) in [7, 11) is 0. The number of hydrogen-bond donors (Lipinski definition) is 1. The van der Waals surface area contributed by atoms with Gasteiger partial charge in [0.05, 0.1) is 17.0 Å². The highest BCUT2D eigenvalue weighted by Gasteiger charge is 2.35. The highest BCUT2D eigenvalue weighted by molar-refractivity contribution is 5.46. The molecular weight excluding hydrogens is 325 g/mol. The van der Waals surface area contributed by atoms with E-state index in [1.807, 2.05) is 5.10 Å². The van der Waals surface area contributed by atoms with Gasteiger partial charge in [-0.3, -0.25) is 0 Å². The van der Waals surface area contributed by atoms with Gasteiger partial charge in [0, 0.05) is 5.56 Å². The van der Waals surface area contributed by atoms with Crippen LogP contribution in [0.25, 0.3) is 5.69 Å². The first-order valence-corrected chi connectivity index (χ1v) is 6.96. The molecule has 0 radical (unpaired) electrons. The monoisotopic (exact) mass is 340 g/mol. The molecule has 0 aliphatic carbocycles. The van der Waals surface area contributed by atoms with Gasteiger partial charge in [0.2, 0.25) is 0 Å². The number of hydrogen-bond acceptors (Lipinski definition) is 4. The normalized spacial score (nSPS) is 12.8.